The Kier molecular flexibility index (Phi) is 3.91. The summed E-state index contributed by atoms with van der Waals surface area (Å²) in [6.07, 6.45) is 1.33. The maximum absolute atomic E-state index is 11.7. The van der Waals surface area contributed by atoms with Crippen molar-refractivity contribution in [2.75, 3.05) is 19.1 Å². The molecule has 110 valence electrons. The van der Waals surface area contributed by atoms with Crippen LogP contribution in [0.3, 0.4) is 0 Å². The zero-order valence-corrected chi connectivity index (χ0v) is 13.5. The van der Waals surface area contributed by atoms with Crippen LogP contribution in [0.1, 0.15) is 27.8 Å². The van der Waals surface area contributed by atoms with Gasteiger partial charge in [-0.15, -0.1) is 22.9 Å². The number of halogens is 1. The Bertz CT molecular complexity index is 683. The van der Waals surface area contributed by atoms with E-state index in [9.17, 15) is 4.79 Å². The Balaban J connectivity index is 1.96. The zero-order chi connectivity index (χ0) is 15.0. The lowest BCUT2D eigenvalue weighted by atomic mass is 9.97. The van der Waals surface area contributed by atoms with E-state index in [1.54, 1.807) is 23.3 Å². The van der Waals surface area contributed by atoms with Crippen molar-refractivity contribution in [1.29, 1.82) is 0 Å². The molecule has 3 nitrogen and oxygen atoms in total. The van der Waals surface area contributed by atoms with E-state index < -0.39 is 0 Å². The topological polar surface area (TPSA) is 29.5 Å². The minimum absolute atomic E-state index is 0.164. The van der Waals surface area contributed by atoms with E-state index in [2.05, 4.69) is 6.07 Å². The molecular weight excluding hydrogens is 306 g/mol. The first-order valence-electron chi connectivity index (χ1n) is 6.76. The number of amides is 1. The molecule has 2 aromatic rings. The fraction of sp³-hybridized carbons (Fsp3) is 0.312. The van der Waals surface area contributed by atoms with E-state index in [-0.39, 0.29) is 11.3 Å². The maximum atomic E-state index is 11.7. The molecule has 0 saturated heterocycles. The average molecular weight is 322 g/mol. The third kappa shape index (κ3) is 2.54. The second-order valence-corrected chi connectivity index (χ2v) is 6.44. The number of hydrogen-bond donors (Lipinski definition) is 0. The molecule has 1 aromatic carbocycles. The summed E-state index contributed by atoms with van der Waals surface area (Å²) in [7, 11) is 3.48. The van der Waals surface area contributed by atoms with Crippen LogP contribution in [0.2, 0.25) is 0 Å². The van der Waals surface area contributed by atoms with Crippen molar-refractivity contribution in [1.82, 2.24) is 0 Å². The van der Waals surface area contributed by atoms with Crippen LogP contribution in [-0.2, 0) is 11.2 Å². The quantitative estimate of drug-likeness (QED) is 0.800. The highest BCUT2D eigenvalue weighted by atomic mass is 35.5. The molecule has 1 aliphatic rings. The van der Waals surface area contributed by atoms with Gasteiger partial charge in [0.2, 0.25) is 5.91 Å². The van der Waals surface area contributed by atoms with Crippen LogP contribution in [0.4, 0.5) is 5.69 Å². The number of aryl methyl sites for hydroxylation is 1. The lowest BCUT2D eigenvalue weighted by Gasteiger charge is -2.26. The number of rotatable bonds is 3. The first-order chi connectivity index (χ1) is 10.1. The number of fused-ring (bicyclic) bond motifs is 1. The Morgan fingerprint density at radius 2 is 2.14 bits per heavy atom. The molecule has 1 unspecified atom stereocenters. The molecule has 1 amide bonds. The van der Waals surface area contributed by atoms with Gasteiger partial charge in [-0.3, -0.25) is 4.79 Å². The highest BCUT2D eigenvalue weighted by molar-refractivity contribution is 7.10. The smallest absolute Gasteiger partial charge is 0.227 e. The first-order valence-corrected chi connectivity index (χ1v) is 8.08. The standard InChI is InChI=1S/C16H16ClNO2S/c1-18-12-5-3-11(9-10(12)4-6-14(18)19)15(17)16-13(20-2)7-8-21-16/h3,5,7-9,15H,4,6H2,1-2H3. The average Bonchev–Trinajstić information content (AvgIpc) is 2.98. The van der Waals surface area contributed by atoms with Gasteiger partial charge in [-0.1, -0.05) is 12.1 Å². The molecule has 0 radical (unpaired) electrons. The number of thiophene rings is 1. The largest absolute Gasteiger partial charge is 0.496 e. The normalized spacial score (nSPS) is 15.8. The van der Waals surface area contributed by atoms with Crippen molar-refractivity contribution < 1.29 is 9.53 Å². The number of alkyl halides is 1. The van der Waals surface area contributed by atoms with E-state index >= 15 is 0 Å². The SMILES string of the molecule is COc1ccsc1C(Cl)c1ccc2c(c1)CCC(=O)N2C. The fourth-order valence-electron chi connectivity index (χ4n) is 2.65. The van der Waals surface area contributed by atoms with Crippen molar-refractivity contribution >= 4 is 34.5 Å². The van der Waals surface area contributed by atoms with Crippen molar-refractivity contribution in [3.63, 3.8) is 0 Å². The summed E-state index contributed by atoms with van der Waals surface area (Å²) in [5.41, 5.74) is 3.20. The number of ether oxygens (including phenoxy) is 1. The van der Waals surface area contributed by atoms with Crippen molar-refractivity contribution in [3.8, 4) is 5.75 Å². The molecule has 0 aliphatic carbocycles. The lowest BCUT2D eigenvalue weighted by Crippen LogP contribution is -2.31. The second kappa shape index (κ2) is 5.70. The number of carbonyl (C=O) groups excluding carboxylic acids is 1. The second-order valence-electron chi connectivity index (χ2n) is 5.06. The van der Waals surface area contributed by atoms with E-state index in [0.29, 0.717) is 6.42 Å². The van der Waals surface area contributed by atoms with Gasteiger partial charge < -0.3 is 9.64 Å². The number of methoxy groups -OCH3 is 1. The third-order valence-corrected chi connectivity index (χ3v) is 5.41. The molecule has 2 heterocycles. The van der Waals surface area contributed by atoms with E-state index in [1.807, 2.05) is 30.6 Å². The van der Waals surface area contributed by atoms with Crippen molar-refractivity contribution in [2.24, 2.45) is 0 Å². The lowest BCUT2D eigenvalue weighted by molar-refractivity contribution is -0.118. The zero-order valence-electron chi connectivity index (χ0n) is 11.9. The molecule has 0 saturated carbocycles. The molecule has 21 heavy (non-hydrogen) atoms. The van der Waals surface area contributed by atoms with E-state index in [4.69, 9.17) is 16.3 Å². The fourth-order valence-corrected chi connectivity index (χ4v) is 3.91. The number of hydrogen-bond acceptors (Lipinski definition) is 3. The molecular formula is C16H16ClNO2S. The van der Waals surface area contributed by atoms with Gasteiger partial charge in [0.25, 0.3) is 0 Å². The molecule has 0 bridgehead atoms. The Morgan fingerprint density at radius 1 is 1.33 bits per heavy atom. The molecule has 5 heteroatoms. The summed E-state index contributed by atoms with van der Waals surface area (Å²) >= 11 is 8.21. The van der Waals surface area contributed by atoms with Gasteiger partial charge in [-0.05, 0) is 35.1 Å². The summed E-state index contributed by atoms with van der Waals surface area (Å²) in [5.74, 6) is 0.989. The molecule has 1 atom stereocenters. The highest BCUT2D eigenvalue weighted by Crippen LogP contribution is 2.40. The van der Waals surface area contributed by atoms with Gasteiger partial charge in [0, 0.05) is 19.2 Å². The van der Waals surface area contributed by atoms with Crippen LogP contribution < -0.4 is 9.64 Å². The molecule has 1 aromatic heterocycles. The summed E-state index contributed by atoms with van der Waals surface area (Å²) in [6.45, 7) is 0. The van der Waals surface area contributed by atoms with Crippen molar-refractivity contribution in [3.05, 3.63) is 45.6 Å². The van der Waals surface area contributed by atoms with Crippen LogP contribution in [0, 0.1) is 0 Å². The first kappa shape index (κ1) is 14.4. The highest BCUT2D eigenvalue weighted by Gasteiger charge is 2.23. The number of carbonyl (C=O) groups is 1. The molecule has 0 spiro atoms. The van der Waals surface area contributed by atoms with Crippen LogP contribution >= 0.6 is 22.9 Å². The molecule has 0 N–H and O–H groups in total. The number of benzene rings is 1. The third-order valence-electron chi connectivity index (χ3n) is 3.85. The Labute approximate surface area is 133 Å². The van der Waals surface area contributed by atoms with Gasteiger partial charge in [0.05, 0.1) is 17.4 Å². The van der Waals surface area contributed by atoms with Gasteiger partial charge >= 0.3 is 0 Å². The molecule has 0 fully saturated rings. The van der Waals surface area contributed by atoms with Crippen LogP contribution in [0.5, 0.6) is 5.75 Å². The predicted molar refractivity (Wildman–Crippen MR) is 86.7 cm³/mol. The molecule has 1 aliphatic heterocycles. The molecule has 3 rings (SSSR count). The van der Waals surface area contributed by atoms with Gasteiger partial charge in [-0.2, -0.15) is 0 Å². The van der Waals surface area contributed by atoms with Gasteiger partial charge in [0.15, 0.2) is 0 Å². The van der Waals surface area contributed by atoms with Gasteiger partial charge in [0.1, 0.15) is 5.75 Å². The summed E-state index contributed by atoms with van der Waals surface area (Å²) in [6, 6.07) is 8.01. The van der Waals surface area contributed by atoms with Crippen LogP contribution in [0.25, 0.3) is 0 Å². The summed E-state index contributed by atoms with van der Waals surface area (Å²) in [5, 5.41) is 1.75. The minimum atomic E-state index is -0.229. The number of anilines is 1. The Hall–Kier alpha value is -1.52. The summed E-state index contributed by atoms with van der Waals surface area (Å²) in [4.78, 5) is 14.5. The summed E-state index contributed by atoms with van der Waals surface area (Å²) < 4.78 is 5.34. The van der Waals surface area contributed by atoms with Crippen LogP contribution in [0.15, 0.2) is 29.6 Å². The predicted octanol–water partition coefficient (Wildman–Crippen LogP) is 3.99. The maximum Gasteiger partial charge on any atom is 0.227 e. The Morgan fingerprint density at radius 3 is 2.90 bits per heavy atom. The monoisotopic (exact) mass is 321 g/mol. The van der Waals surface area contributed by atoms with E-state index in [1.165, 1.54) is 5.56 Å². The van der Waals surface area contributed by atoms with Crippen molar-refractivity contribution in [2.45, 2.75) is 18.2 Å². The van der Waals surface area contributed by atoms with E-state index in [0.717, 1.165) is 28.3 Å². The minimum Gasteiger partial charge on any atom is -0.496 e. The van der Waals surface area contributed by atoms with Gasteiger partial charge in [-0.25, -0.2) is 0 Å². The number of nitrogens with zero attached hydrogens (tertiary/aromatic N) is 1. The van der Waals surface area contributed by atoms with Crippen LogP contribution in [-0.4, -0.2) is 20.1 Å².